The van der Waals surface area contributed by atoms with Gasteiger partial charge < -0.3 is 10.6 Å². The zero-order chi connectivity index (χ0) is 15.8. The van der Waals surface area contributed by atoms with Crippen LogP contribution in [-0.4, -0.2) is 29.1 Å². The minimum Gasteiger partial charge on any atom is -0.384 e. The second-order valence-electron chi connectivity index (χ2n) is 7.03. The number of hydrogen-bond donors (Lipinski definition) is 2. The van der Waals surface area contributed by atoms with E-state index < -0.39 is 0 Å². The van der Waals surface area contributed by atoms with Gasteiger partial charge in [-0.2, -0.15) is 5.10 Å². The van der Waals surface area contributed by atoms with Crippen LogP contribution in [0.5, 0.6) is 0 Å². The van der Waals surface area contributed by atoms with Gasteiger partial charge in [0.2, 0.25) is 0 Å². The molecular weight excluding hydrogens is 262 g/mol. The molecule has 0 atom stereocenters. The molecule has 116 valence electrons. The van der Waals surface area contributed by atoms with Crippen molar-refractivity contribution in [2.24, 2.45) is 11.1 Å². The van der Waals surface area contributed by atoms with E-state index in [0.29, 0.717) is 11.5 Å². The highest BCUT2D eigenvalue weighted by atomic mass is 15.3. The number of amidine groups is 1. The highest BCUT2D eigenvalue weighted by molar-refractivity contribution is 6.01. The van der Waals surface area contributed by atoms with Gasteiger partial charge in [-0.1, -0.05) is 13.8 Å². The maximum Gasteiger partial charge on any atom is 0.162 e. The van der Waals surface area contributed by atoms with E-state index in [4.69, 9.17) is 11.1 Å². The number of hydrogen-bond acceptors (Lipinski definition) is 4. The predicted octanol–water partition coefficient (Wildman–Crippen LogP) is 2.78. The maximum absolute atomic E-state index is 7.87. The SMILES string of the molecule is Cc1nnc(N(C)C2CCC(C)(C)CC2)c(C(=N)N)c1C. The molecule has 0 aromatic carbocycles. The van der Waals surface area contributed by atoms with E-state index in [0.717, 1.165) is 35.5 Å². The molecule has 1 aromatic heterocycles. The summed E-state index contributed by atoms with van der Waals surface area (Å²) in [5.41, 5.74) is 8.74. The van der Waals surface area contributed by atoms with Crippen LogP contribution in [0.25, 0.3) is 0 Å². The number of nitrogens with one attached hydrogen (secondary N) is 1. The first-order valence-corrected chi connectivity index (χ1v) is 7.64. The predicted molar refractivity (Wildman–Crippen MR) is 87.0 cm³/mol. The smallest absolute Gasteiger partial charge is 0.162 e. The van der Waals surface area contributed by atoms with Gasteiger partial charge in [0.1, 0.15) is 5.84 Å². The average molecular weight is 289 g/mol. The summed E-state index contributed by atoms with van der Waals surface area (Å²) >= 11 is 0. The summed E-state index contributed by atoms with van der Waals surface area (Å²) in [6.45, 7) is 8.53. The Morgan fingerprint density at radius 3 is 2.33 bits per heavy atom. The van der Waals surface area contributed by atoms with Gasteiger partial charge in [-0.3, -0.25) is 5.41 Å². The van der Waals surface area contributed by atoms with Crippen LogP contribution in [0, 0.1) is 24.7 Å². The molecule has 0 bridgehead atoms. The number of nitrogen functional groups attached to an aromatic ring is 1. The normalized spacial score (nSPS) is 18.5. The van der Waals surface area contributed by atoms with Crippen molar-refractivity contribution in [2.75, 3.05) is 11.9 Å². The summed E-state index contributed by atoms with van der Waals surface area (Å²) in [6.07, 6.45) is 4.73. The van der Waals surface area contributed by atoms with Crippen LogP contribution < -0.4 is 10.6 Å². The first-order chi connectivity index (χ1) is 9.73. The van der Waals surface area contributed by atoms with E-state index in [9.17, 15) is 0 Å². The van der Waals surface area contributed by atoms with E-state index in [1.807, 2.05) is 20.9 Å². The van der Waals surface area contributed by atoms with Gasteiger partial charge in [0.05, 0.1) is 11.3 Å². The Morgan fingerprint density at radius 1 is 1.24 bits per heavy atom. The van der Waals surface area contributed by atoms with Gasteiger partial charge >= 0.3 is 0 Å². The van der Waals surface area contributed by atoms with Crippen LogP contribution in [-0.2, 0) is 0 Å². The minimum absolute atomic E-state index is 0.0727. The summed E-state index contributed by atoms with van der Waals surface area (Å²) in [5.74, 6) is 0.818. The zero-order valence-corrected chi connectivity index (χ0v) is 13.8. The van der Waals surface area contributed by atoms with Crippen molar-refractivity contribution in [1.29, 1.82) is 5.41 Å². The number of aromatic nitrogens is 2. The Balaban J connectivity index is 2.30. The minimum atomic E-state index is 0.0727. The number of nitrogens with two attached hydrogens (primary N) is 1. The molecule has 0 spiro atoms. The summed E-state index contributed by atoms with van der Waals surface area (Å²) in [6, 6.07) is 0.451. The number of nitrogens with zero attached hydrogens (tertiary/aromatic N) is 3. The lowest BCUT2D eigenvalue weighted by Gasteiger charge is -2.39. The molecule has 5 nitrogen and oxygen atoms in total. The van der Waals surface area contributed by atoms with Crippen LogP contribution in [0.15, 0.2) is 0 Å². The Labute approximate surface area is 127 Å². The van der Waals surface area contributed by atoms with E-state index in [-0.39, 0.29) is 5.84 Å². The lowest BCUT2D eigenvalue weighted by molar-refractivity contribution is 0.222. The molecular formula is C16H27N5. The fourth-order valence-electron chi connectivity index (χ4n) is 3.11. The average Bonchev–Trinajstić information content (AvgIpc) is 2.40. The van der Waals surface area contributed by atoms with Crippen molar-refractivity contribution in [3.63, 3.8) is 0 Å². The largest absolute Gasteiger partial charge is 0.384 e. The molecule has 1 aromatic rings. The lowest BCUT2D eigenvalue weighted by atomic mass is 9.75. The third kappa shape index (κ3) is 3.17. The fourth-order valence-corrected chi connectivity index (χ4v) is 3.11. The van der Waals surface area contributed by atoms with E-state index in [1.54, 1.807) is 0 Å². The lowest BCUT2D eigenvalue weighted by Crippen LogP contribution is -2.39. The van der Waals surface area contributed by atoms with Crippen molar-refractivity contribution < 1.29 is 0 Å². The zero-order valence-electron chi connectivity index (χ0n) is 13.8. The van der Waals surface area contributed by atoms with E-state index in [2.05, 4.69) is 28.9 Å². The molecule has 1 aliphatic carbocycles. The van der Waals surface area contributed by atoms with Crippen molar-refractivity contribution in [3.05, 3.63) is 16.8 Å². The van der Waals surface area contributed by atoms with Crippen LogP contribution >= 0.6 is 0 Å². The van der Waals surface area contributed by atoms with Crippen LogP contribution in [0.4, 0.5) is 5.82 Å². The van der Waals surface area contributed by atoms with Crippen molar-refractivity contribution >= 4 is 11.7 Å². The number of rotatable bonds is 3. The molecule has 2 rings (SSSR count). The van der Waals surface area contributed by atoms with Gasteiger partial charge in [-0.15, -0.1) is 5.10 Å². The van der Waals surface area contributed by atoms with Gasteiger partial charge in [-0.25, -0.2) is 0 Å². The molecule has 3 N–H and O–H groups in total. The highest BCUT2D eigenvalue weighted by Crippen LogP contribution is 2.38. The van der Waals surface area contributed by atoms with Crippen LogP contribution in [0.1, 0.15) is 56.4 Å². The standard InChI is InChI=1S/C16H27N5/c1-10-11(2)19-20-15(13(10)14(17)18)21(5)12-6-8-16(3,4)9-7-12/h12H,6-9H2,1-5H3,(H3,17,18). The Morgan fingerprint density at radius 2 is 1.81 bits per heavy atom. The van der Waals surface area contributed by atoms with Gasteiger partial charge in [0, 0.05) is 13.1 Å². The molecule has 21 heavy (non-hydrogen) atoms. The Hall–Kier alpha value is -1.65. The molecule has 1 fully saturated rings. The molecule has 5 heteroatoms. The number of aryl methyl sites for hydroxylation is 1. The summed E-state index contributed by atoms with van der Waals surface area (Å²) in [4.78, 5) is 2.17. The van der Waals surface area contributed by atoms with Crippen molar-refractivity contribution in [2.45, 2.75) is 59.4 Å². The third-order valence-corrected chi connectivity index (χ3v) is 4.90. The molecule has 0 aliphatic heterocycles. The van der Waals surface area contributed by atoms with Gasteiger partial charge in [0.15, 0.2) is 5.82 Å². The Bertz CT molecular complexity index is 540. The second-order valence-corrected chi connectivity index (χ2v) is 7.03. The second kappa shape index (κ2) is 5.62. The molecule has 0 radical (unpaired) electrons. The first kappa shape index (κ1) is 15.7. The summed E-state index contributed by atoms with van der Waals surface area (Å²) in [7, 11) is 2.05. The van der Waals surface area contributed by atoms with Crippen LogP contribution in [0.3, 0.4) is 0 Å². The maximum atomic E-state index is 7.87. The van der Waals surface area contributed by atoms with E-state index >= 15 is 0 Å². The van der Waals surface area contributed by atoms with E-state index in [1.165, 1.54) is 12.8 Å². The fraction of sp³-hybridized carbons (Fsp3) is 0.688. The molecule has 0 saturated heterocycles. The highest BCUT2D eigenvalue weighted by Gasteiger charge is 2.30. The molecule has 1 heterocycles. The Kier molecular flexibility index (Phi) is 4.21. The van der Waals surface area contributed by atoms with Crippen molar-refractivity contribution in [3.8, 4) is 0 Å². The number of anilines is 1. The third-order valence-electron chi connectivity index (χ3n) is 4.90. The quantitative estimate of drug-likeness (QED) is 0.662. The molecule has 0 amide bonds. The van der Waals surface area contributed by atoms with Crippen molar-refractivity contribution in [1.82, 2.24) is 10.2 Å². The molecule has 1 aliphatic rings. The monoisotopic (exact) mass is 289 g/mol. The van der Waals surface area contributed by atoms with Crippen LogP contribution in [0.2, 0.25) is 0 Å². The van der Waals surface area contributed by atoms with Gasteiger partial charge in [0.25, 0.3) is 0 Å². The first-order valence-electron chi connectivity index (χ1n) is 7.64. The van der Waals surface area contributed by atoms with Gasteiger partial charge in [-0.05, 0) is 50.5 Å². The molecule has 1 saturated carbocycles. The summed E-state index contributed by atoms with van der Waals surface area (Å²) < 4.78 is 0. The topological polar surface area (TPSA) is 78.9 Å². The summed E-state index contributed by atoms with van der Waals surface area (Å²) in [5, 5.41) is 16.4. The molecule has 0 unspecified atom stereocenters.